The molecule has 0 spiro atoms. The number of aromatic nitrogens is 6. The van der Waals surface area contributed by atoms with Crippen molar-refractivity contribution < 1.29 is 4.74 Å². The Morgan fingerprint density at radius 2 is 2.09 bits per heavy atom. The van der Waals surface area contributed by atoms with Crippen molar-refractivity contribution in [2.45, 2.75) is 26.5 Å². The summed E-state index contributed by atoms with van der Waals surface area (Å²) in [6, 6.07) is 10.3. The zero-order chi connectivity index (χ0) is 23.3. The molecule has 0 unspecified atom stereocenters. The summed E-state index contributed by atoms with van der Waals surface area (Å²) in [5.74, 6) is 2.03. The topological polar surface area (TPSA) is 105 Å². The van der Waals surface area contributed by atoms with Gasteiger partial charge >= 0.3 is 0 Å². The minimum absolute atomic E-state index is 0.511. The maximum absolute atomic E-state index is 5.72. The fraction of sp³-hybridized carbons (Fsp3) is 0.240. The van der Waals surface area contributed by atoms with Crippen molar-refractivity contribution in [1.82, 2.24) is 30.6 Å². The molecule has 9 nitrogen and oxygen atoms in total. The van der Waals surface area contributed by atoms with Crippen molar-refractivity contribution in [2.75, 3.05) is 23.4 Å². The van der Waals surface area contributed by atoms with Crippen LogP contribution in [-0.2, 0) is 24.3 Å². The van der Waals surface area contributed by atoms with Crippen molar-refractivity contribution >= 4 is 17.3 Å². The number of ether oxygens (including phenoxy) is 1. The highest BCUT2D eigenvalue weighted by Gasteiger charge is 2.22. The third kappa shape index (κ3) is 4.65. The molecule has 0 aliphatic carbocycles. The minimum atomic E-state index is 0.511. The van der Waals surface area contributed by atoms with Gasteiger partial charge in [-0.05, 0) is 34.6 Å². The lowest BCUT2D eigenvalue weighted by Gasteiger charge is -2.26. The summed E-state index contributed by atoms with van der Waals surface area (Å²) >= 11 is 0. The standard InChI is InChI=1S/C25H26N8O/c1-17-14-18(2)33(12-7-6-10-20(17)24-29-31-32-30-24)25-27-22-11-13-34-16-21(22)23(28-25)26-15-19-8-4-3-5-9-19/h3-10,14H,1,11-13,15-16H2,2H3,(H,26,27,28)(H,29,30,31,32)/b7-6-,18-14-,20-10+. The number of H-pyrrole nitrogens is 1. The van der Waals surface area contributed by atoms with Crippen LogP contribution in [0.3, 0.4) is 0 Å². The number of nitrogens with zero attached hydrogens (tertiary/aromatic N) is 6. The first-order chi connectivity index (χ1) is 16.7. The number of benzene rings is 1. The average molecular weight is 455 g/mol. The van der Waals surface area contributed by atoms with Crippen LogP contribution in [-0.4, -0.2) is 43.7 Å². The molecule has 2 aromatic heterocycles. The van der Waals surface area contributed by atoms with E-state index in [-0.39, 0.29) is 0 Å². The molecule has 1 aromatic carbocycles. The molecule has 172 valence electrons. The number of rotatable bonds is 5. The van der Waals surface area contributed by atoms with E-state index in [4.69, 9.17) is 14.7 Å². The van der Waals surface area contributed by atoms with Crippen LogP contribution < -0.4 is 10.2 Å². The van der Waals surface area contributed by atoms with Crippen molar-refractivity contribution in [3.05, 3.63) is 95.1 Å². The second-order valence-corrected chi connectivity index (χ2v) is 8.12. The van der Waals surface area contributed by atoms with Crippen molar-refractivity contribution in [2.24, 2.45) is 0 Å². The second kappa shape index (κ2) is 9.80. The Labute approximate surface area is 198 Å². The molecule has 0 radical (unpaired) electrons. The number of allylic oxidation sites excluding steroid dienone is 6. The molecule has 34 heavy (non-hydrogen) atoms. The number of hydrogen-bond donors (Lipinski definition) is 2. The molecule has 0 amide bonds. The Morgan fingerprint density at radius 3 is 2.91 bits per heavy atom. The number of fused-ring (bicyclic) bond motifs is 1. The van der Waals surface area contributed by atoms with Crippen LogP contribution >= 0.6 is 0 Å². The molecule has 0 bridgehead atoms. The third-order valence-electron chi connectivity index (χ3n) is 5.80. The van der Waals surface area contributed by atoms with E-state index in [1.54, 1.807) is 0 Å². The number of anilines is 2. The van der Waals surface area contributed by atoms with E-state index in [0.717, 1.165) is 40.3 Å². The van der Waals surface area contributed by atoms with E-state index < -0.39 is 0 Å². The monoisotopic (exact) mass is 454 g/mol. The summed E-state index contributed by atoms with van der Waals surface area (Å²) in [6.07, 6.45) is 8.75. The van der Waals surface area contributed by atoms with E-state index >= 15 is 0 Å². The predicted octanol–water partition coefficient (Wildman–Crippen LogP) is 3.59. The highest BCUT2D eigenvalue weighted by Crippen LogP contribution is 2.29. The summed E-state index contributed by atoms with van der Waals surface area (Å²) in [5, 5.41) is 17.7. The first-order valence-electron chi connectivity index (χ1n) is 11.2. The average Bonchev–Trinajstić information content (AvgIpc) is 3.40. The summed E-state index contributed by atoms with van der Waals surface area (Å²) in [4.78, 5) is 12.0. The lowest BCUT2D eigenvalue weighted by molar-refractivity contribution is 0.109. The van der Waals surface area contributed by atoms with Crippen molar-refractivity contribution in [1.29, 1.82) is 0 Å². The van der Waals surface area contributed by atoms with E-state index in [2.05, 4.69) is 55.6 Å². The van der Waals surface area contributed by atoms with Gasteiger partial charge in [-0.15, -0.1) is 5.10 Å². The Kier molecular flexibility index (Phi) is 6.26. The van der Waals surface area contributed by atoms with Crippen LogP contribution in [0.1, 0.15) is 29.6 Å². The summed E-state index contributed by atoms with van der Waals surface area (Å²) in [7, 11) is 0. The van der Waals surface area contributed by atoms with Crippen LogP contribution in [0.15, 0.2) is 72.5 Å². The smallest absolute Gasteiger partial charge is 0.232 e. The first-order valence-corrected chi connectivity index (χ1v) is 11.2. The summed E-state index contributed by atoms with van der Waals surface area (Å²) < 4.78 is 5.72. The molecule has 3 aromatic rings. The van der Waals surface area contributed by atoms with Crippen LogP contribution in [0.5, 0.6) is 0 Å². The molecular weight excluding hydrogens is 428 g/mol. The zero-order valence-corrected chi connectivity index (χ0v) is 19.0. The quantitative estimate of drug-likeness (QED) is 0.603. The van der Waals surface area contributed by atoms with Gasteiger partial charge in [0.25, 0.3) is 0 Å². The second-order valence-electron chi connectivity index (χ2n) is 8.12. The Balaban J connectivity index is 1.47. The maximum Gasteiger partial charge on any atom is 0.232 e. The van der Waals surface area contributed by atoms with E-state index in [1.807, 2.05) is 43.4 Å². The molecular formula is C25H26N8O. The van der Waals surface area contributed by atoms with Gasteiger partial charge in [0.1, 0.15) is 5.82 Å². The third-order valence-corrected chi connectivity index (χ3v) is 5.80. The van der Waals surface area contributed by atoms with E-state index in [9.17, 15) is 0 Å². The van der Waals surface area contributed by atoms with Crippen LogP contribution in [0, 0.1) is 0 Å². The molecule has 0 atom stereocenters. The predicted molar refractivity (Wildman–Crippen MR) is 131 cm³/mol. The lowest BCUT2D eigenvalue weighted by Crippen LogP contribution is -2.26. The fourth-order valence-electron chi connectivity index (χ4n) is 4.00. The molecule has 2 aliphatic rings. The molecule has 5 rings (SSSR count). The first kappa shape index (κ1) is 21.7. The molecule has 2 aliphatic heterocycles. The highest BCUT2D eigenvalue weighted by molar-refractivity contribution is 5.79. The number of tetrazole rings is 1. The highest BCUT2D eigenvalue weighted by atomic mass is 16.5. The van der Waals surface area contributed by atoms with Gasteiger partial charge in [0, 0.05) is 36.3 Å². The van der Waals surface area contributed by atoms with Crippen LogP contribution in [0.2, 0.25) is 0 Å². The molecule has 4 heterocycles. The van der Waals surface area contributed by atoms with Gasteiger partial charge in [-0.1, -0.05) is 55.1 Å². The number of nitrogens with one attached hydrogen (secondary N) is 2. The van der Waals surface area contributed by atoms with Gasteiger partial charge in [0.15, 0.2) is 5.82 Å². The van der Waals surface area contributed by atoms with E-state index in [0.29, 0.717) is 38.1 Å². The van der Waals surface area contributed by atoms with Crippen molar-refractivity contribution in [3.63, 3.8) is 0 Å². The summed E-state index contributed by atoms with van der Waals surface area (Å²) in [6.45, 7) is 8.72. The molecule has 0 saturated heterocycles. The fourth-order valence-corrected chi connectivity index (χ4v) is 4.00. The molecule has 9 heteroatoms. The van der Waals surface area contributed by atoms with Gasteiger partial charge < -0.3 is 15.0 Å². The van der Waals surface area contributed by atoms with Crippen molar-refractivity contribution in [3.8, 4) is 0 Å². The zero-order valence-electron chi connectivity index (χ0n) is 19.0. The van der Waals surface area contributed by atoms with Gasteiger partial charge in [-0.2, -0.15) is 4.98 Å². The Morgan fingerprint density at radius 1 is 1.21 bits per heavy atom. The van der Waals surface area contributed by atoms with Gasteiger partial charge in [-0.25, -0.2) is 10.1 Å². The SMILES string of the molecule is C=C1/C=C(/C)N(c2nc3c(c(NCc4ccccc4)n2)COCC3)C/C=C\C=C/1c1nnn[nH]1. The normalized spacial score (nSPS) is 20.1. The van der Waals surface area contributed by atoms with Gasteiger partial charge in [0.2, 0.25) is 5.95 Å². The van der Waals surface area contributed by atoms with E-state index in [1.165, 1.54) is 5.56 Å². The largest absolute Gasteiger partial charge is 0.376 e. The molecule has 2 N–H and O–H groups in total. The lowest BCUT2D eigenvalue weighted by atomic mass is 10.1. The van der Waals surface area contributed by atoms with Gasteiger partial charge in [0.05, 0.1) is 18.9 Å². The summed E-state index contributed by atoms with van der Waals surface area (Å²) in [5.41, 5.74) is 5.83. The maximum atomic E-state index is 5.72. The van der Waals surface area contributed by atoms with Crippen LogP contribution in [0.4, 0.5) is 11.8 Å². The Bertz CT molecular complexity index is 1260. The minimum Gasteiger partial charge on any atom is -0.376 e. The molecule has 0 fully saturated rings. The number of hydrogen-bond acceptors (Lipinski definition) is 8. The number of aromatic amines is 1. The molecule has 0 saturated carbocycles. The van der Waals surface area contributed by atoms with Gasteiger partial charge in [-0.3, -0.25) is 0 Å². The Hall–Kier alpha value is -4.11. The van der Waals surface area contributed by atoms with Crippen LogP contribution in [0.25, 0.3) is 5.57 Å².